The summed E-state index contributed by atoms with van der Waals surface area (Å²) in [7, 11) is 0. The minimum Gasteiger partial charge on any atom is -0.466 e. The number of aliphatic hydroxyl groups excluding tert-OH is 2. The van der Waals surface area contributed by atoms with Crippen molar-refractivity contribution in [2.45, 2.75) is 25.6 Å². The van der Waals surface area contributed by atoms with Crippen LogP contribution in [0.1, 0.15) is 25.0 Å². The molecule has 2 atom stereocenters. The van der Waals surface area contributed by atoms with Crippen molar-refractivity contribution in [2.75, 3.05) is 6.61 Å². The molecule has 0 spiro atoms. The first-order chi connectivity index (χ1) is 8.04. The van der Waals surface area contributed by atoms with E-state index in [-0.39, 0.29) is 13.0 Å². The fourth-order valence-corrected chi connectivity index (χ4v) is 1.71. The number of esters is 1. The summed E-state index contributed by atoms with van der Waals surface area (Å²) in [6, 6.07) is 3.16. The van der Waals surface area contributed by atoms with Gasteiger partial charge in [0.15, 0.2) is 0 Å². The van der Waals surface area contributed by atoms with Crippen molar-refractivity contribution in [2.24, 2.45) is 0 Å². The van der Waals surface area contributed by atoms with Gasteiger partial charge in [-0.3, -0.25) is 4.79 Å². The van der Waals surface area contributed by atoms with Crippen LogP contribution in [0.3, 0.4) is 0 Å². The molecule has 0 amide bonds. The van der Waals surface area contributed by atoms with Gasteiger partial charge in [-0.2, -0.15) is 0 Å². The lowest BCUT2D eigenvalue weighted by molar-refractivity contribution is -0.147. The number of halogens is 1. The quantitative estimate of drug-likeness (QED) is 0.631. The SMILES string of the molecule is CCOC(=O)CC(O)C(O)c1ccnc(Br)c1. The highest BCUT2D eigenvalue weighted by Gasteiger charge is 2.22. The Labute approximate surface area is 108 Å². The van der Waals surface area contributed by atoms with Crippen molar-refractivity contribution in [1.82, 2.24) is 4.98 Å². The van der Waals surface area contributed by atoms with Crippen molar-refractivity contribution >= 4 is 21.9 Å². The summed E-state index contributed by atoms with van der Waals surface area (Å²) >= 11 is 3.16. The van der Waals surface area contributed by atoms with E-state index in [4.69, 9.17) is 4.74 Å². The standard InChI is InChI=1S/C11H14BrNO4/c1-2-17-10(15)6-8(14)11(16)7-3-4-13-9(12)5-7/h3-5,8,11,14,16H,2,6H2,1H3. The highest BCUT2D eigenvalue weighted by molar-refractivity contribution is 9.10. The Hall–Kier alpha value is -0.980. The zero-order chi connectivity index (χ0) is 12.8. The van der Waals surface area contributed by atoms with Gasteiger partial charge in [0.2, 0.25) is 0 Å². The molecule has 2 unspecified atom stereocenters. The fourth-order valence-electron chi connectivity index (χ4n) is 1.33. The molecule has 1 aromatic heterocycles. The molecular formula is C11H14BrNO4. The summed E-state index contributed by atoms with van der Waals surface area (Å²) in [5.74, 6) is -0.535. The van der Waals surface area contributed by atoms with Crippen molar-refractivity contribution in [3.63, 3.8) is 0 Å². The predicted molar refractivity (Wildman–Crippen MR) is 64.2 cm³/mol. The second-order valence-electron chi connectivity index (χ2n) is 3.43. The highest BCUT2D eigenvalue weighted by Crippen LogP contribution is 2.21. The Balaban J connectivity index is 2.63. The van der Waals surface area contributed by atoms with E-state index in [0.717, 1.165) is 0 Å². The zero-order valence-corrected chi connectivity index (χ0v) is 10.9. The van der Waals surface area contributed by atoms with Crippen LogP contribution in [0.4, 0.5) is 0 Å². The van der Waals surface area contributed by atoms with Gasteiger partial charge in [-0.05, 0) is 40.5 Å². The zero-order valence-electron chi connectivity index (χ0n) is 9.34. The van der Waals surface area contributed by atoms with E-state index < -0.39 is 18.2 Å². The van der Waals surface area contributed by atoms with Gasteiger partial charge in [-0.15, -0.1) is 0 Å². The lowest BCUT2D eigenvalue weighted by Crippen LogP contribution is -2.23. The third-order valence-electron chi connectivity index (χ3n) is 2.14. The van der Waals surface area contributed by atoms with Crippen molar-refractivity contribution in [3.8, 4) is 0 Å². The molecule has 5 nitrogen and oxygen atoms in total. The fraction of sp³-hybridized carbons (Fsp3) is 0.455. The number of nitrogens with zero attached hydrogens (tertiary/aromatic N) is 1. The number of aliphatic hydroxyl groups is 2. The number of aromatic nitrogens is 1. The van der Waals surface area contributed by atoms with E-state index >= 15 is 0 Å². The number of ether oxygens (including phenoxy) is 1. The van der Waals surface area contributed by atoms with Gasteiger partial charge in [0.05, 0.1) is 19.1 Å². The van der Waals surface area contributed by atoms with Crippen LogP contribution in [0.5, 0.6) is 0 Å². The van der Waals surface area contributed by atoms with Crippen LogP contribution in [0.15, 0.2) is 22.9 Å². The molecule has 0 aliphatic carbocycles. The third kappa shape index (κ3) is 4.41. The van der Waals surface area contributed by atoms with Gasteiger partial charge in [0, 0.05) is 6.20 Å². The van der Waals surface area contributed by atoms with Crippen molar-refractivity contribution in [3.05, 3.63) is 28.5 Å². The Kier molecular flexibility index (Phi) is 5.54. The molecule has 0 aliphatic rings. The average Bonchev–Trinajstić information content (AvgIpc) is 2.28. The lowest BCUT2D eigenvalue weighted by atomic mass is 10.0. The minimum absolute atomic E-state index is 0.241. The molecule has 0 radical (unpaired) electrons. The van der Waals surface area contributed by atoms with E-state index in [2.05, 4.69) is 20.9 Å². The van der Waals surface area contributed by atoms with Gasteiger partial charge in [-0.1, -0.05) is 0 Å². The van der Waals surface area contributed by atoms with E-state index in [0.29, 0.717) is 10.2 Å². The summed E-state index contributed by atoms with van der Waals surface area (Å²) < 4.78 is 5.24. The smallest absolute Gasteiger partial charge is 0.308 e. The molecule has 0 aliphatic heterocycles. The third-order valence-corrected chi connectivity index (χ3v) is 2.57. The topological polar surface area (TPSA) is 79.7 Å². The average molecular weight is 304 g/mol. The molecule has 94 valence electrons. The number of hydrogen-bond donors (Lipinski definition) is 2. The van der Waals surface area contributed by atoms with Crippen LogP contribution < -0.4 is 0 Å². The summed E-state index contributed by atoms with van der Waals surface area (Å²) in [6.45, 7) is 1.93. The molecule has 6 heteroatoms. The van der Waals surface area contributed by atoms with Crippen molar-refractivity contribution in [1.29, 1.82) is 0 Å². The maximum Gasteiger partial charge on any atom is 0.308 e. The Bertz CT molecular complexity index is 385. The van der Waals surface area contributed by atoms with Gasteiger partial charge in [-0.25, -0.2) is 4.98 Å². The molecule has 17 heavy (non-hydrogen) atoms. The summed E-state index contributed by atoms with van der Waals surface area (Å²) in [6.07, 6.45) is -1.07. The molecule has 0 aromatic carbocycles. The molecule has 0 bridgehead atoms. The van der Waals surface area contributed by atoms with Crippen LogP contribution in [-0.2, 0) is 9.53 Å². The van der Waals surface area contributed by atoms with Gasteiger partial charge in [0.25, 0.3) is 0 Å². The first kappa shape index (κ1) is 14.1. The van der Waals surface area contributed by atoms with E-state index in [1.807, 2.05) is 0 Å². The van der Waals surface area contributed by atoms with Crippen LogP contribution in [0.25, 0.3) is 0 Å². The molecule has 1 rings (SSSR count). The second kappa shape index (κ2) is 6.68. The number of pyridine rings is 1. The van der Waals surface area contributed by atoms with Crippen LogP contribution in [0, 0.1) is 0 Å². The van der Waals surface area contributed by atoms with Gasteiger partial charge in [0.1, 0.15) is 10.7 Å². The summed E-state index contributed by atoms with van der Waals surface area (Å²) in [5.41, 5.74) is 0.490. The number of carbonyl (C=O) groups is 1. The largest absolute Gasteiger partial charge is 0.466 e. The van der Waals surface area contributed by atoms with Crippen LogP contribution >= 0.6 is 15.9 Å². The number of rotatable bonds is 5. The van der Waals surface area contributed by atoms with Crippen LogP contribution in [-0.4, -0.2) is 33.9 Å². The molecule has 0 saturated heterocycles. The van der Waals surface area contributed by atoms with E-state index in [9.17, 15) is 15.0 Å². The van der Waals surface area contributed by atoms with Gasteiger partial charge >= 0.3 is 5.97 Å². The Morgan fingerprint density at radius 2 is 2.29 bits per heavy atom. The Morgan fingerprint density at radius 1 is 1.59 bits per heavy atom. The van der Waals surface area contributed by atoms with E-state index in [1.54, 1.807) is 19.1 Å². The molecule has 1 aromatic rings. The molecule has 0 fully saturated rings. The predicted octanol–water partition coefficient (Wildman–Crippen LogP) is 1.19. The first-order valence-corrected chi connectivity index (χ1v) is 5.97. The second-order valence-corrected chi connectivity index (χ2v) is 4.25. The monoisotopic (exact) mass is 303 g/mol. The molecule has 2 N–H and O–H groups in total. The normalized spacial score (nSPS) is 14.1. The first-order valence-electron chi connectivity index (χ1n) is 5.17. The number of hydrogen-bond acceptors (Lipinski definition) is 5. The minimum atomic E-state index is -1.19. The molecular weight excluding hydrogens is 290 g/mol. The van der Waals surface area contributed by atoms with Crippen LogP contribution in [0.2, 0.25) is 0 Å². The van der Waals surface area contributed by atoms with E-state index in [1.165, 1.54) is 6.20 Å². The van der Waals surface area contributed by atoms with Crippen molar-refractivity contribution < 1.29 is 19.7 Å². The maximum absolute atomic E-state index is 11.1. The summed E-state index contributed by atoms with van der Waals surface area (Å²) in [5, 5.41) is 19.5. The lowest BCUT2D eigenvalue weighted by Gasteiger charge is -2.17. The summed E-state index contributed by atoms with van der Waals surface area (Å²) in [4.78, 5) is 15.0. The molecule has 0 saturated carbocycles. The van der Waals surface area contributed by atoms with Gasteiger partial charge < -0.3 is 14.9 Å². The Morgan fingerprint density at radius 3 is 2.88 bits per heavy atom. The maximum atomic E-state index is 11.1. The highest BCUT2D eigenvalue weighted by atomic mass is 79.9. The molecule has 1 heterocycles. The number of carbonyl (C=O) groups excluding carboxylic acids is 1.